The maximum Gasteiger partial charge on any atom is 0.189 e. The molecule has 0 aliphatic carbocycles. The zero-order valence-corrected chi connectivity index (χ0v) is 18.7. The summed E-state index contributed by atoms with van der Waals surface area (Å²) in [7, 11) is 1.51. The Kier molecular flexibility index (Phi) is 9.25. The van der Waals surface area contributed by atoms with Crippen LogP contribution in [0.3, 0.4) is 0 Å². The molecule has 170 valence electrons. The average Bonchev–Trinajstić information content (AvgIpc) is 2.77. The van der Waals surface area contributed by atoms with E-state index in [0.29, 0.717) is 30.6 Å². The molecule has 6 heteroatoms. The molecule has 3 N–H and O–H groups in total. The largest absolute Gasteiger partial charge is 0.508 e. The van der Waals surface area contributed by atoms with Crippen LogP contribution in [0.1, 0.15) is 48.2 Å². The van der Waals surface area contributed by atoms with Crippen molar-refractivity contribution in [2.45, 2.75) is 39.2 Å². The second kappa shape index (κ2) is 11.9. The van der Waals surface area contributed by atoms with E-state index < -0.39 is 6.10 Å². The highest BCUT2D eigenvalue weighted by atomic mass is 17.1. The average molecular weight is 439 g/mol. The van der Waals surface area contributed by atoms with Crippen LogP contribution in [0.2, 0.25) is 0 Å². The van der Waals surface area contributed by atoms with Gasteiger partial charge >= 0.3 is 0 Å². The number of ketones is 1. The Bertz CT molecular complexity index is 1000. The van der Waals surface area contributed by atoms with Crippen molar-refractivity contribution < 1.29 is 29.9 Å². The standard InChI is InChI=1S/C26H30O6/c1-17(2)24(32-30)15-6-18(3)5-12-22-25(31-4)16-13-21(26(22)29)23(28)14-9-19-7-10-20(27)11-8-19/h5,7-11,13-14,16,24,27,29-30H,1,6,12,15H2,2-4H3. The van der Waals surface area contributed by atoms with E-state index in [9.17, 15) is 15.0 Å². The Hall–Kier alpha value is -3.35. The van der Waals surface area contributed by atoms with E-state index in [1.165, 1.54) is 31.4 Å². The van der Waals surface area contributed by atoms with Crippen molar-refractivity contribution in [1.29, 1.82) is 0 Å². The fraction of sp³-hybridized carbons (Fsp3) is 0.269. The molecule has 0 fully saturated rings. The molecule has 0 aliphatic rings. The third-order valence-electron chi connectivity index (χ3n) is 5.18. The number of carbonyl (C=O) groups excluding carboxylic acids is 1. The van der Waals surface area contributed by atoms with Crippen LogP contribution in [0.4, 0.5) is 0 Å². The molecular formula is C26H30O6. The maximum atomic E-state index is 12.7. The predicted octanol–water partition coefficient (Wildman–Crippen LogP) is 5.71. The molecule has 0 amide bonds. The van der Waals surface area contributed by atoms with Crippen molar-refractivity contribution in [3.8, 4) is 17.2 Å². The lowest BCUT2D eigenvalue weighted by Crippen LogP contribution is -2.11. The molecule has 32 heavy (non-hydrogen) atoms. The lowest BCUT2D eigenvalue weighted by atomic mass is 9.98. The van der Waals surface area contributed by atoms with Gasteiger partial charge in [0.15, 0.2) is 5.78 Å². The number of ether oxygens (including phenoxy) is 1. The molecule has 0 heterocycles. The fourth-order valence-corrected chi connectivity index (χ4v) is 3.18. The van der Waals surface area contributed by atoms with Crippen molar-refractivity contribution >= 4 is 11.9 Å². The molecule has 2 rings (SSSR count). The number of hydrogen-bond acceptors (Lipinski definition) is 6. The first-order valence-electron chi connectivity index (χ1n) is 10.3. The quantitative estimate of drug-likeness (QED) is 0.137. The zero-order valence-electron chi connectivity index (χ0n) is 18.7. The number of phenolic OH excluding ortho intramolecular Hbond substituents is 2. The van der Waals surface area contributed by atoms with Gasteiger partial charge in [0.1, 0.15) is 23.4 Å². The number of hydrogen-bond donors (Lipinski definition) is 3. The van der Waals surface area contributed by atoms with Crippen molar-refractivity contribution in [3.63, 3.8) is 0 Å². The number of carbonyl (C=O) groups is 1. The fourth-order valence-electron chi connectivity index (χ4n) is 3.18. The SMILES string of the molecule is C=C(C)C(CCC(C)=CCc1c(OC)ccc(C(=O)C=Cc2ccc(O)cc2)c1O)OO. The van der Waals surface area contributed by atoms with Crippen LogP contribution >= 0.6 is 0 Å². The number of benzene rings is 2. The highest BCUT2D eigenvalue weighted by molar-refractivity contribution is 6.09. The molecule has 0 aliphatic heterocycles. The Labute approximate surface area is 188 Å². The number of aromatic hydroxyl groups is 2. The van der Waals surface area contributed by atoms with Gasteiger partial charge in [0.25, 0.3) is 0 Å². The van der Waals surface area contributed by atoms with Crippen molar-refractivity contribution in [1.82, 2.24) is 0 Å². The molecule has 1 unspecified atom stereocenters. The molecule has 0 bridgehead atoms. The van der Waals surface area contributed by atoms with Gasteiger partial charge in [0.2, 0.25) is 0 Å². The zero-order chi connectivity index (χ0) is 23.7. The van der Waals surface area contributed by atoms with Gasteiger partial charge in [-0.2, -0.15) is 0 Å². The third kappa shape index (κ3) is 6.83. The minimum absolute atomic E-state index is 0.118. The molecular weight excluding hydrogens is 408 g/mol. The van der Waals surface area contributed by atoms with E-state index >= 15 is 0 Å². The topological polar surface area (TPSA) is 96.2 Å². The number of methoxy groups -OCH3 is 1. The third-order valence-corrected chi connectivity index (χ3v) is 5.18. The summed E-state index contributed by atoms with van der Waals surface area (Å²) < 4.78 is 5.37. The Morgan fingerprint density at radius 1 is 1.12 bits per heavy atom. The van der Waals surface area contributed by atoms with Gasteiger partial charge in [-0.3, -0.25) is 10.1 Å². The van der Waals surface area contributed by atoms with Gasteiger partial charge in [-0.15, -0.1) is 0 Å². The summed E-state index contributed by atoms with van der Waals surface area (Å²) in [6.45, 7) is 7.54. The van der Waals surface area contributed by atoms with Crippen LogP contribution in [-0.2, 0) is 11.3 Å². The first kappa shape index (κ1) is 24.9. The van der Waals surface area contributed by atoms with Crippen molar-refractivity contribution in [2.24, 2.45) is 0 Å². The highest BCUT2D eigenvalue weighted by Crippen LogP contribution is 2.33. The molecule has 0 saturated carbocycles. The van der Waals surface area contributed by atoms with Crippen molar-refractivity contribution in [2.75, 3.05) is 7.11 Å². The smallest absolute Gasteiger partial charge is 0.189 e. The molecule has 0 saturated heterocycles. The van der Waals surface area contributed by atoms with E-state index in [1.54, 1.807) is 31.2 Å². The lowest BCUT2D eigenvalue weighted by Gasteiger charge is -2.14. The molecule has 6 nitrogen and oxygen atoms in total. The van der Waals surface area contributed by atoms with E-state index in [1.807, 2.05) is 13.0 Å². The van der Waals surface area contributed by atoms with Crippen LogP contribution in [-0.4, -0.2) is 34.5 Å². The van der Waals surface area contributed by atoms with E-state index in [0.717, 1.165) is 16.7 Å². The molecule has 2 aromatic carbocycles. The van der Waals surface area contributed by atoms with Gasteiger partial charge in [-0.25, -0.2) is 4.89 Å². The van der Waals surface area contributed by atoms with Crippen LogP contribution in [0.15, 0.2) is 66.3 Å². The van der Waals surface area contributed by atoms with E-state index in [2.05, 4.69) is 11.5 Å². The maximum absolute atomic E-state index is 12.7. The first-order valence-corrected chi connectivity index (χ1v) is 10.3. The van der Waals surface area contributed by atoms with E-state index in [4.69, 9.17) is 9.99 Å². The van der Waals surface area contributed by atoms with Gasteiger partial charge in [0.05, 0.1) is 12.7 Å². The van der Waals surface area contributed by atoms with Gasteiger partial charge < -0.3 is 14.9 Å². The van der Waals surface area contributed by atoms with Crippen LogP contribution in [0.25, 0.3) is 6.08 Å². The number of phenols is 2. The summed E-state index contributed by atoms with van der Waals surface area (Å²) in [4.78, 5) is 17.1. The van der Waals surface area contributed by atoms with Gasteiger partial charge in [0, 0.05) is 5.56 Å². The molecule has 1 atom stereocenters. The number of allylic oxidation sites excluding steroid dienone is 3. The van der Waals surface area contributed by atoms with Crippen molar-refractivity contribution in [3.05, 3.63) is 83.0 Å². The summed E-state index contributed by atoms with van der Waals surface area (Å²) in [6, 6.07) is 9.64. The second-order valence-corrected chi connectivity index (χ2v) is 7.67. The van der Waals surface area contributed by atoms with Crippen LogP contribution < -0.4 is 4.74 Å². The van der Waals surface area contributed by atoms with Crippen LogP contribution in [0.5, 0.6) is 17.2 Å². The molecule has 0 radical (unpaired) electrons. The molecule has 0 spiro atoms. The normalized spacial score (nSPS) is 12.7. The summed E-state index contributed by atoms with van der Waals surface area (Å²) in [6.07, 6.45) is 6.16. The van der Waals surface area contributed by atoms with Crippen LogP contribution in [0, 0.1) is 0 Å². The summed E-state index contributed by atoms with van der Waals surface area (Å²) in [5.74, 6) is 0.175. The lowest BCUT2D eigenvalue weighted by molar-refractivity contribution is -0.269. The summed E-state index contributed by atoms with van der Waals surface area (Å²) in [5, 5.41) is 29.1. The monoisotopic (exact) mass is 438 g/mol. The Balaban J connectivity index is 2.18. The summed E-state index contributed by atoms with van der Waals surface area (Å²) in [5.41, 5.74) is 3.23. The molecule has 2 aromatic rings. The van der Waals surface area contributed by atoms with E-state index in [-0.39, 0.29) is 22.8 Å². The van der Waals surface area contributed by atoms with Gasteiger partial charge in [-0.05, 0) is 74.6 Å². The Morgan fingerprint density at radius 3 is 2.41 bits per heavy atom. The molecule has 0 aromatic heterocycles. The predicted molar refractivity (Wildman–Crippen MR) is 125 cm³/mol. The summed E-state index contributed by atoms with van der Waals surface area (Å²) >= 11 is 0. The minimum atomic E-state index is -0.428. The minimum Gasteiger partial charge on any atom is -0.508 e. The second-order valence-electron chi connectivity index (χ2n) is 7.67. The highest BCUT2D eigenvalue weighted by Gasteiger charge is 2.17. The first-order chi connectivity index (χ1) is 15.3. The Morgan fingerprint density at radius 2 is 1.81 bits per heavy atom. The van der Waals surface area contributed by atoms with Gasteiger partial charge in [-0.1, -0.05) is 36.4 Å². The number of rotatable bonds is 11.